The van der Waals surface area contributed by atoms with Gasteiger partial charge >= 0.3 is 0 Å². The molecule has 0 unspecified atom stereocenters. The van der Waals surface area contributed by atoms with Gasteiger partial charge in [0.2, 0.25) is 0 Å². The van der Waals surface area contributed by atoms with E-state index in [4.69, 9.17) is 9.47 Å². The number of rotatable bonds is 5. The molecule has 0 atom stereocenters. The summed E-state index contributed by atoms with van der Waals surface area (Å²) in [6.07, 6.45) is 0. The highest BCUT2D eigenvalue weighted by Crippen LogP contribution is 2.29. The van der Waals surface area contributed by atoms with E-state index in [1.54, 1.807) is 44.5 Å². The predicted octanol–water partition coefficient (Wildman–Crippen LogP) is 1.79. The third-order valence-corrected chi connectivity index (χ3v) is 2.81. The van der Waals surface area contributed by atoms with Crippen LogP contribution in [-0.2, 0) is 0 Å². The Hall–Kier alpha value is -2.83. The maximum Gasteiger partial charge on any atom is 0.276 e. The molecule has 0 spiro atoms. The minimum absolute atomic E-state index is 0.207. The molecule has 0 aliphatic rings. The van der Waals surface area contributed by atoms with Crippen molar-refractivity contribution >= 4 is 17.4 Å². The van der Waals surface area contributed by atoms with Gasteiger partial charge in [0.15, 0.2) is 5.69 Å². The molecule has 0 bridgehead atoms. The first kappa shape index (κ1) is 14.6. The maximum absolute atomic E-state index is 12.2. The van der Waals surface area contributed by atoms with Crippen molar-refractivity contribution < 1.29 is 14.3 Å². The first-order valence-electron chi connectivity index (χ1n) is 6.22. The average Bonchev–Trinajstić information content (AvgIpc) is 2.54. The number of nitrogens with zero attached hydrogens (tertiary/aromatic N) is 2. The number of aromatic nitrogens is 2. The number of anilines is 2. The fourth-order valence-corrected chi connectivity index (χ4v) is 1.68. The second-order valence-corrected chi connectivity index (χ2v) is 4.07. The quantitative estimate of drug-likeness (QED) is 0.872. The van der Waals surface area contributed by atoms with Gasteiger partial charge in [-0.2, -0.15) is 0 Å². The third kappa shape index (κ3) is 3.38. The summed E-state index contributed by atoms with van der Waals surface area (Å²) in [6.45, 7) is 0. The molecule has 2 aromatic rings. The summed E-state index contributed by atoms with van der Waals surface area (Å²) in [5.41, 5.74) is 0.709. The van der Waals surface area contributed by atoms with Crippen LogP contribution in [0.3, 0.4) is 0 Å². The molecule has 0 saturated heterocycles. The van der Waals surface area contributed by atoms with Crippen molar-refractivity contribution in [1.29, 1.82) is 0 Å². The molecule has 7 heteroatoms. The molecule has 110 valence electrons. The Kier molecular flexibility index (Phi) is 4.55. The largest absolute Gasteiger partial charge is 0.497 e. The van der Waals surface area contributed by atoms with E-state index >= 15 is 0 Å². The van der Waals surface area contributed by atoms with Crippen molar-refractivity contribution in [3.63, 3.8) is 0 Å². The lowest BCUT2D eigenvalue weighted by molar-refractivity contribution is 0.102. The predicted molar refractivity (Wildman–Crippen MR) is 79.1 cm³/mol. The number of carbonyl (C=O) groups is 1. The lowest BCUT2D eigenvalue weighted by Gasteiger charge is -2.11. The molecule has 0 fully saturated rings. The standard InChI is InChI=1S/C14H16N4O3/c1-15-13-7-5-10(17-18-13)14(19)16-11-8-9(20-2)4-6-12(11)21-3/h4-8H,1-3H3,(H,15,18)(H,16,19). The number of methoxy groups -OCH3 is 2. The zero-order chi connectivity index (χ0) is 15.2. The number of benzene rings is 1. The topological polar surface area (TPSA) is 85.4 Å². The molecule has 0 aliphatic carbocycles. The SMILES string of the molecule is CNc1ccc(C(=O)Nc2cc(OC)ccc2OC)nn1. The van der Waals surface area contributed by atoms with E-state index in [2.05, 4.69) is 20.8 Å². The minimum atomic E-state index is -0.378. The van der Waals surface area contributed by atoms with Crippen LogP contribution in [0.1, 0.15) is 10.5 Å². The Morgan fingerprint density at radius 2 is 1.90 bits per heavy atom. The molecule has 1 aromatic heterocycles. The molecule has 1 heterocycles. The van der Waals surface area contributed by atoms with Gasteiger partial charge in [-0.25, -0.2) is 0 Å². The Morgan fingerprint density at radius 3 is 2.48 bits per heavy atom. The van der Waals surface area contributed by atoms with Gasteiger partial charge in [-0.1, -0.05) is 0 Å². The lowest BCUT2D eigenvalue weighted by Crippen LogP contribution is -2.15. The van der Waals surface area contributed by atoms with Crippen LogP contribution in [0.2, 0.25) is 0 Å². The van der Waals surface area contributed by atoms with Crippen molar-refractivity contribution in [2.45, 2.75) is 0 Å². The summed E-state index contributed by atoms with van der Waals surface area (Å²) in [5, 5.41) is 13.3. The van der Waals surface area contributed by atoms with E-state index < -0.39 is 0 Å². The second kappa shape index (κ2) is 6.56. The lowest BCUT2D eigenvalue weighted by atomic mass is 10.2. The molecule has 1 aromatic carbocycles. The molecule has 2 rings (SSSR count). The highest BCUT2D eigenvalue weighted by atomic mass is 16.5. The van der Waals surface area contributed by atoms with E-state index in [1.165, 1.54) is 7.11 Å². The van der Waals surface area contributed by atoms with Crippen LogP contribution < -0.4 is 20.1 Å². The van der Waals surface area contributed by atoms with E-state index in [0.717, 1.165) is 0 Å². The smallest absolute Gasteiger partial charge is 0.276 e. The monoisotopic (exact) mass is 288 g/mol. The second-order valence-electron chi connectivity index (χ2n) is 4.07. The number of carbonyl (C=O) groups excluding carboxylic acids is 1. The van der Waals surface area contributed by atoms with Gasteiger partial charge < -0.3 is 20.1 Å². The summed E-state index contributed by atoms with van der Waals surface area (Å²) in [6, 6.07) is 8.39. The van der Waals surface area contributed by atoms with Gasteiger partial charge in [0.05, 0.1) is 19.9 Å². The third-order valence-electron chi connectivity index (χ3n) is 2.81. The number of hydrogen-bond donors (Lipinski definition) is 2. The summed E-state index contributed by atoms with van der Waals surface area (Å²) < 4.78 is 10.3. The summed E-state index contributed by atoms with van der Waals surface area (Å²) in [7, 11) is 4.80. The molecule has 0 radical (unpaired) electrons. The van der Waals surface area contributed by atoms with Crippen LogP contribution in [0.4, 0.5) is 11.5 Å². The fraction of sp³-hybridized carbons (Fsp3) is 0.214. The molecular formula is C14H16N4O3. The summed E-state index contributed by atoms with van der Waals surface area (Å²) in [5.74, 6) is 1.36. The summed E-state index contributed by atoms with van der Waals surface area (Å²) in [4.78, 5) is 12.2. The molecule has 2 N–H and O–H groups in total. The van der Waals surface area contributed by atoms with Crippen LogP contribution >= 0.6 is 0 Å². The zero-order valence-corrected chi connectivity index (χ0v) is 12.0. The van der Waals surface area contributed by atoms with Crippen LogP contribution in [0.25, 0.3) is 0 Å². The minimum Gasteiger partial charge on any atom is -0.497 e. The van der Waals surface area contributed by atoms with Crippen molar-refractivity contribution in [3.05, 3.63) is 36.0 Å². The Balaban J connectivity index is 2.21. The molecular weight excluding hydrogens is 272 g/mol. The van der Waals surface area contributed by atoms with E-state index in [1.807, 2.05) is 0 Å². The van der Waals surface area contributed by atoms with Crippen LogP contribution in [0, 0.1) is 0 Å². The first-order chi connectivity index (χ1) is 10.2. The highest BCUT2D eigenvalue weighted by molar-refractivity contribution is 6.03. The molecule has 7 nitrogen and oxygen atoms in total. The van der Waals surface area contributed by atoms with Gasteiger partial charge in [-0.15, -0.1) is 10.2 Å². The summed E-state index contributed by atoms with van der Waals surface area (Å²) >= 11 is 0. The van der Waals surface area contributed by atoms with E-state index in [0.29, 0.717) is 23.0 Å². The highest BCUT2D eigenvalue weighted by Gasteiger charge is 2.12. The van der Waals surface area contributed by atoms with Crippen LogP contribution in [-0.4, -0.2) is 37.4 Å². The van der Waals surface area contributed by atoms with Crippen LogP contribution in [0.5, 0.6) is 11.5 Å². The first-order valence-corrected chi connectivity index (χ1v) is 6.22. The Labute approximate surface area is 122 Å². The zero-order valence-electron chi connectivity index (χ0n) is 12.0. The number of nitrogens with one attached hydrogen (secondary N) is 2. The maximum atomic E-state index is 12.2. The van der Waals surface area contributed by atoms with Gasteiger partial charge in [0, 0.05) is 13.1 Å². The average molecular weight is 288 g/mol. The normalized spacial score (nSPS) is 9.86. The number of ether oxygens (including phenoxy) is 2. The molecule has 0 saturated carbocycles. The van der Waals surface area contributed by atoms with Crippen molar-refractivity contribution in [2.75, 3.05) is 31.9 Å². The molecule has 1 amide bonds. The van der Waals surface area contributed by atoms with Crippen LogP contribution in [0.15, 0.2) is 30.3 Å². The molecule has 0 aliphatic heterocycles. The van der Waals surface area contributed by atoms with Crippen molar-refractivity contribution in [1.82, 2.24) is 10.2 Å². The van der Waals surface area contributed by atoms with E-state index in [9.17, 15) is 4.79 Å². The van der Waals surface area contributed by atoms with Gasteiger partial charge in [0.1, 0.15) is 17.3 Å². The fourth-order valence-electron chi connectivity index (χ4n) is 1.68. The Bertz CT molecular complexity index is 629. The van der Waals surface area contributed by atoms with E-state index in [-0.39, 0.29) is 11.6 Å². The van der Waals surface area contributed by atoms with Crippen molar-refractivity contribution in [2.24, 2.45) is 0 Å². The van der Waals surface area contributed by atoms with Gasteiger partial charge in [0.25, 0.3) is 5.91 Å². The van der Waals surface area contributed by atoms with Gasteiger partial charge in [-0.05, 0) is 24.3 Å². The number of amides is 1. The number of hydrogen-bond acceptors (Lipinski definition) is 6. The Morgan fingerprint density at radius 1 is 1.10 bits per heavy atom. The van der Waals surface area contributed by atoms with Gasteiger partial charge in [-0.3, -0.25) is 4.79 Å². The van der Waals surface area contributed by atoms with Crippen molar-refractivity contribution in [3.8, 4) is 11.5 Å². The molecule has 21 heavy (non-hydrogen) atoms.